The van der Waals surface area contributed by atoms with E-state index in [1.165, 1.54) is 18.1 Å². The fourth-order valence-electron chi connectivity index (χ4n) is 0.750. The van der Waals surface area contributed by atoms with Gasteiger partial charge in [0.25, 0.3) is 0 Å². The first-order valence-electron chi connectivity index (χ1n) is 3.41. The zero-order valence-electron chi connectivity index (χ0n) is 6.07. The zero-order valence-corrected chi connectivity index (χ0v) is 9.62. The molecule has 0 saturated carbocycles. The molecule has 0 saturated heterocycles. The maximum atomic E-state index is 2.35. The van der Waals surface area contributed by atoms with Gasteiger partial charge in [0.05, 0.1) is 0 Å². The Morgan fingerprint density at radius 2 is 1.25 bits per heavy atom. The topological polar surface area (TPSA) is 0 Å². The third kappa shape index (κ3) is 2.52. The van der Waals surface area contributed by atoms with Crippen LogP contribution in [0, 0.1) is 0 Å². The Morgan fingerprint density at radius 1 is 1.00 bits per heavy atom. The molecule has 0 aliphatic heterocycles. The Kier molecular flexibility index (Phi) is 4.42. The van der Waals surface area contributed by atoms with Crippen LogP contribution in [-0.2, 0) is 0 Å². The van der Waals surface area contributed by atoms with Gasteiger partial charge in [0, 0.05) is 0 Å². The van der Waals surface area contributed by atoms with Crippen molar-refractivity contribution in [2.45, 2.75) is 38.9 Å². The molecule has 2 heteroatoms. The van der Waals surface area contributed by atoms with E-state index >= 15 is 0 Å². The van der Waals surface area contributed by atoms with Crippen molar-refractivity contribution >= 4 is 27.1 Å². The first-order chi connectivity index (χ1) is 3.68. The molecular formula is C6H16SiTe. The molecule has 50 valence electrons. The number of hydrogen-bond donors (Lipinski definition) is 0. The van der Waals surface area contributed by atoms with Crippen LogP contribution in [0.15, 0.2) is 0 Å². The van der Waals surface area contributed by atoms with Gasteiger partial charge >= 0.3 is 66.0 Å². The minimum absolute atomic E-state index is 0.621. The first-order valence-corrected chi connectivity index (χ1v) is 9.80. The van der Waals surface area contributed by atoms with Gasteiger partial charge in [0.1, 0.15) is 0 Å². The second-order valence-electron chi connectivity index (χ2n) is 2.29. The second-order valence-corrected chi connectivity index (χ2v) is 15.0. The third-order valence-corrected chi connectivity index (χ3v) is 14.0. The Hall–Kier alpha value is 1.01. The normalized spacial score (nSPS) is 12.0. The van der Waals surface area contributed by atoms with Crippen molar-refractivity contribution in [3.63, 3.8) is 0 Å². The average molecular weight is 244 g/mol. The Labute approximate surface area is 66.1 Å². The van der Waals surface area contributed by atoms with Crippen LogP contribution in [0.4, 0.5) is 0 Å². The summed E-state index contributed by atoms with van der Waals surface area (Å²) in [5.74, 6) is 0. The van der Waals surface area contributed by atoms with E-state index in [0.29, 0.717) is 0 Å². The molecule has 0 aliphatic rings. The van der Waals surface area contributed by atoms with E-state index in [4.69, 9.17) is 0 Å². The van der Waals surface area contributed by atoms with Crippen molar-refractivity contribution in [3.8, 4) is 0 Å². The van der Waals surface area contributed by atoms with Crippen molar-refractivity contribution in [2.24, 2.45) is 0 Å². The molecule has 0 aliphatic carbocycles. The Balaban J connectivity index is 3.58. The van der Waals surface area contributed by atoms with Crippen LogP contribution in [0.3, 0.4) is 0 Å². The van der Waals surface area contributed by atoms with E-state index in [0.717, 1.165) is 0 Å². The second kappa shape index (κ2) is 3.93. The molecule has 0 bridgehead atoms. The van der Waals surface area contributed by atoms with Crippen LogP contribution in [0.25, 0.3) is 0 Å². The summed E-state index contributed by atoms with van der Waals surface area (Å²) in [7, 11) is 0. The summed E-state index contributed by atoms with van der Waals surface area (Å²) in [4.78, 5) is 0. The van der Waals surface area contributed by atoms with Gasteiger partial charge in [0.15, 0.2) is 0 Å². The number of hydrogen-bond acceptors (Lipinski definition) is 0. The summed E-state index contributed by atoms with van der Waals surface area (Å²) in [6.07, 6.45) is 0. The van der Waals surface area contributed by atoms with Gasteiger partial charge in [0.2, 0.25) is 0 Å². The van der Waals surface area contributed by atoms with Gasteiger partial charge in [-0.3, -0.25) is 0 Å². The van der Waals surface area contributed by atoms with Gasteiger partial charge in [-0.15, -0.1) is 0 Å². The maximum absolute atomic E-state index is 2.35. The van der Waals surface area contributed by atoms with Gasteiger partial charge in [-0.25, -0.2) is 0 Å². The van der Waals surface area contributed by atoms with Gasteiger partial charge in [-0.2, -0.15) is 0 Å². The predicted octanol–water partition coefficient (Wildman–Crippen LogP) is 1.89. The summed E-state index contributed by atoms with van der Waals surface area (Å²) in [6, 6.07) is 4.44. The fraction of sp³-hybridized carbons (Fsp3) is 1.00. The quantitative estimate of drug-likeness (QED) is 0.665. The van der Waals surface area contributed by atoms with Crippen molar-refractivity contribution < 1.29 is 0 Å². The van der Waals surface area contributed by atoms with Crippen LogP contribution < -0.4 is 0 Å². The molecule has 0 spiro atoms. The van der Waals surface area contributed by atoms with Crippen molar-refractivity contribution in [2.75, 3.05) is 0 Å². The van der Waals surface area contributed by atoms with Crippen molar-refractivity contribution in [3.05, 3.63) is 0 Å². The van der Waals surface area contributed by atoms with Crippen LogP contribution in [0.5, 0.6) is 0 Å². The minimum atomic E-state index is -0.621. The Morgan fingerprint density at radius 3 is 1.25 bits per heavy atom. The molecule has 0 heterocycles. The molecule has 0 amide bonds. The SMILES string of the molecule is CC[Si]([TeH])(CC)CC. The molecule has 0 rings (SSSR count). The molecule has 0 fully saturated rings. The molecule has 0 aromatic heterocycles. The van der Waals surface area contributed by atoms with E-state index in [1.54, 1.807) is 0 Å². The summed E-state index contributed by atoms with van der Waals surface area (Å²) in [5.41, 5.74) is -0.621. The zero-order chi connectivity index (χ0) is 6.62. The molecule has 0 radical (unpaired) electrons. The molecule has 0 atom stereocenters. The molecule has 0 nitrogen and oxygen atoms in total. The molecule has 0 aromatic carbocycles. The van der Waals surface area contributed by atoms with Gasteiger partial charge in [-0.05, 0) is 0 Å². The average Bonchev–Trinajstić information content (AvgIpc) is 1.87. The van der Waals surface area contributed by atoms with Crippen LogP contribution in [-0.4, -0.2) is 27.1 Å². The molecular weight excluding hydrogens is 228 g/mol. The van der Waals surface area contributed by atoms with E-state index in [2.05, 4.69) is 42.3 Å². The summed E-state index contributed by atoms with van der Waals surface area (Å²) in [6.45, 7) is 7.04. The standard InChI is InChI=1S/C6H16SiTe/c1-4-7(8,5-2)6-3/h8H,4-6H2,1-3H3. The predicted molar refractivity (Wildman–Crippen MR) is 44.3 cm³/mol. The summed E-state index contributed by atoms with van der Waals surface area (Å²) < 4.78 is 0. The van der Waals surface area contributed by atoms with E-state index < -0.39 is 5.62 Å². The molecule has 8 heavy (non-hydrogen) atoms. The van der Waals surface area contributed by atoms with Crippen LogP contribution in [0.2, 0.25) is 18.1 Å². The first kappa shape index (κ1) is 9.01. The van der Waals surface area contributed by atoms with Crippen molar-refractivity contribution in [1.82, 2.24) is 0 Å². The van der Waals surface area contributed by atoms with E-state index in [1.807, 2.05) is 0 Å². The molecule has 0 aromatic rings. The number of rotatable bonds is 3. The summed E-state index contributed by atoms with van der Waals surface area (Å²) in [5, 5.41) is 0. The Bertz CT molecular complexity index is 51.3. The van der Waals surface area contributed by atoms with E-state index in [-0.39, 0.29) is 0 Å². The molecule has 0 N–H and O–H groups in total. The fourth-order valence-corrected chi connectivity index (χ4v) is 2.25. The third-order valence-electron chi connectivity index (χ3n) is 1.97. The molecule has 0 unspecified atom stereocenters. The van der Waals surface area contributed by atoms with Gasteiger partial charge < -0.3 is 0 Å². The van der Waals surface area contributed by atoms with Crippen LogP contribution >= 0.6 is 0 Å². The monoisotopic (exact) mass is 246 g/mol. The van der Waals surface area contributed by atoms with E-state index in [9.17, 15) is 0 Å². The van der Waals surface area contributed by atoms with Crippen LogP contribution in [0.1, 0.15) is 20.8 Å². The van der Waals surface area contributed by atoms with Crippen molar-refractivity contribution in [1.29, 1.82) is 0 Å². The van der Waals surface area contributed by atoms with Gasteiger partial charge in [-0.1, -0.05) is 0 Å². The summed E-state index contributed by atoms with van der Waals surface area (Å²) >= 11 is 2.14.